The second-order valence-electron chi connectivity index (χ2n) is 3.94. The van der Waals surface area contributed by atoms with E-state index in [-0.39, 0.29) is 11.9 Å². The molecular formula is C12H12ClN3O. The minimum absolute atomic E-state index is 0.0749. The summed E-state index contributed by atoms with van der Waals surface area (Å²) >= 11 is 5.97. The summed E-state index contributed by atoms with van der Waals surface area (Å²) in [6.45, 7) is 0.874. The highest BCUT2D eigenvalue weighted by molar-refractivity contribution is 6.33. The fourth-order valence-electron chi connectivity index (χ4n) is 1.81. The molecule has 0 aliphatic carbocycles. The Morgan fingerprint density at radius 2 is 2.41 bits per heavy atom. The Morgan fingerprint density at radius 1 is 1.59 bits per heavy atom. The number of hydrogen-bond acceptors (Lipinski definition) is 3. The van der Waals surface area contributed by atoms with Gasteiger partial charge in [-0.3, -0.25) is 4.79 Å². The second kappa shape index (κ2) is 5.17. The summed E-state index contributed by atoms with van der Waals surface area (Å²) in [7, 11) is 0. The van der Waals surface area contributed by atoms with Crippen LogP contribution in [0.2, 0.25) is 5.02 Å². The zero-order valence-electron chi connectivity index (χ0n) is 9.16. The molecule has 1 aromatic rings. The van der Waals surface area contributed by atoms with Crippen molar-refractivity contribution < 1.29 is 4.79 Å². The van der Waals surface area contributed by atoms with E-state index in [1.165, 1.54) is 0 Å². The molecule has 2 rings (SSSR count). The minimum atomic E-state index is -0.137. The molecule has 1 aromatic carbocycles. The normalized spacial score (nSPS) is 18.7. The molecule has 17 heavy (non-hydrogen) atoms. The molecule has 88 valence electrons. The number of nitrogens with zero attached hydrogens (tertiary/aromatic N) is 1. The van der Waals surface area contributed by atoms with Gasteiger partial charge in [-0.1, -0.05) is 11.6 Å². The molecule has 1 heterocycles. The summed E-state index contributed by atoms with van der Waals surface area (Å²) in [6, 6.07) is 6.67. The van der Waals surface area contributed by atoms with Gasteiger partial charge in [-0.25, -0.2) is 0 Å². The molecule has 0 radical (unpaired) electrons. The highest BCUT2D eigenvalue weighted by Gasteiger charge is 2.22. The maximum Gasteiger partial charge on any atom is 0.241 e. The van der Waals surface area contributed by atoms with Gasteiger partial charge in [-0.15, -0.1) is 0 Å². The summed E-state index contributed by atoms with van der Waals surface area (Å²) in [5.74, 6) is -0.0749. The van der Waals surface area contributed by atoms with Crippen molar-refractivity contribution in [3.63, 3.8) is 0 Å². The molecule has 4 nitrogen and oxygen atoms in total. The maximum absolute atomic E-state index is 11.8. The second-order valence-corrected chi connectivity index (χ2v) is 4.35. The van der Waals surface area contributed by atoms with Gasteiger partial charge in [0.25, 0.3) is 0 Å². The number of carbonyl (C=O) groups is 1. The first-order valence-corrected chi connectivity index (χ1v) is 5.82. The van der Waals surface area contributed by atoms with Gasteiger partial charge in [-0.05, 0) is 37.6 Å². The molecule has 1 aliphatic heterocycles. The van der Waals surface area contributed by atoms with Gasteiger partial charge >= 0.3 is 0 Å². The average Bonchev–Trinajstić information content (AvgIpc) is 2.85. The van der Waals surface area contributed by atoms with E-state index >= 15 is 0 Å². The van der Waals surface area contributed by atoms with E-state index in [0.717, 1.165) is 19.4 Å². The van der Waals surface area contributed by atoms with Crippen LogP contribution >= 0.6 is 11.6 Å². The third-order valence-electron chi connectivity index (χ3n) is 2.73. The molecule has 1 unspecified atom stereocenters. The van der Waals surface area contributed by atoms with Crippen LogP contribution in [0.15, 0.2) is 18.2 Å². The summed E-state index contributed by atoms with van der Waals surface area (Å²) in [5.41, 5.74) is 1.02. The quantitative estimate of drug-likeness (QED) is 0.841. The monoisotopic (exact) mass is 249 g/mol. The highest BCUT2D eigenvalue weighted by Crippen LogP contribution is 2.23. The number of hydrogen-bond donors (Lipinski definition) is 2. The van der Waals surface area contributed by atoms with Crippen LogP contribution in [0.25, 0.3) is 0 Å². The number of nitriles is 1. The van der Waals surface area contributed by atoms with Crippen LogP contribution in [0.5, 0.6) is 0 Å². The lowest BCUT2D eigenvalue weighted by molar-refractivity contribution is -0.117. The minimum Gasteiger partial charge on any atom is -0.323 e. The Labute approximate surface area is 105 Å². The summed E-state index contributed by atoms with van der Waals surface area (Å²) in [4.78, 5) is 11.8. The number of rotatable bonds is 2. The van der Waals surface area contributed by atoms with E-state index < -0.39 is 0 Å². The van der Waals surface area contributed by atoms with Gasteiger partial charge in [0, 0.05) is 0 Å². The van der Waals surface area contributed by atoms with Gasteiger partial charge < -0.3 is 10.6 Å². The number of benzene rings is 1. The Bertz CT molecular complexity index is 475. The van der Waals surface area contributed by atoms with Crippen LogP contribution in [-0.4, -0.2) is 18.5 Å². The van der Waals surface area contributed by atoms with Crippen LogP contribution in [0.1, 0.15) is 18.4 Å². The molecule has 2 N–H and O–H groups in total. The molecular weight excluding hydrogens is 238 g/mol. The van der Waals surface area contributed by atoms with Crippen LogP contribution in [0.4, 0.5) is 5.69 Å². The number of halogens is 1. The number of amides is 1. The molecule has 0 saturated carbocycles. The third kappa shape index (κ3) is 2.76. The Hall–Kier alpha value is -1.57. The standard InChI is InChI=1S/C12H12ClN3O/c13-9-6-8(7-14)3-4-10(9)16-12(17)11-2-1-5-15-11/h3-4,6,11,15H,1-2,5H2,(H,16,17). The molecule has 1 aliphatic rings. The van der Waals surface area contributed by atoms with Crippen LogP contribution in [-0.2, 0) is 4.79 Å². The Balaban J connectivity index is 2.08. The Kier molecular flexibility index (Phi) is 3.62. The van der Waals surface area contributed by atoms with E-state index in [1.807, 2.05) is 6.07 Å². The predicted molar refractivity (Wildman–Crippen MR) is 65.8 cm³/mol. The first-order valence-electron chi connectivity index (χ1n) is 5.44. The van der Waals surface area contributed by atoms with Crippen molar-refractivity contribution in [3.8, 4) is 6.07 Å². The zero-order valence-corrected chi connectivity index (χ0v) is 9.92. The number of carbonyl (C=O) groups excluding carboxylic acids is 1. The lowest BCUT2D eigenvalue weighted by Crippen LogP contribution is -2.35. The topological polar surface area (TPSA) is 64.9 Å². The third-order valence-corrected chi connectivity index (χ3v) is 3.05. The first-order chi connectivity index (χ1) is 8.20. The van der Waals surface area contributed by atoms with Crippen LogP contribution in [0.3, 0.4) is 0 Å². The van der Waals surface area contributed by atoms with Gasteiger partial charge in [0.2, 0.25) is 5.91 Å². The molecule has 1 atom stereocenters. The van der Waals surface area contributed by atoms with Crippen molar-refractivity contribution in [2.24, 2.45) is 0 Å². The van der Waals surface area contributed by atoms with Crippen molar-refractivity contribution in [3.05, 3.63) is 28.8 Å². The van der Waals surface area contributed by atoms with E-state index in [2.05, 4.69) is 10.6 Å². The highest BCUT2D eigenvalue weighted by atomic mass is 35.5. The summed E-state index contributed by atoms with van der Waals surface area (Å²) < 4.78 is 0. The molecule has 0 spiro atoms. The lowest BCUT2D eigenvalue weighted by Gasteiger charge is -2.12. The SMILES string of the molecule is N#Cc1ccc(NC(=O)C2CCCN2)c(Cl)c1. The summed E-state index contributed by atoms with van der Waals surface area (Å²) in [5, 5.41) is 15.0. The van der Waals surface area contributed by atoms with E-state index in [0.29, 0.717) is 16.3 Å². The average molecular weight is 250 g/mol. The van der Waals surface area contributed by atoms with Crippen molar-refractivity contribution in [1.29, 1.82) is 5.26 Å². The van der Waals surface area contributed by atoms with Gasteiger partial charge in [0.15, 0.2) is 0 Å². The van der Waals surface area contributed by atoms with Gasteiger partial charge in [-0.2, -0.15) is 5.26 Å². The molecule has 1 amide bonds. The van der Waals surface area contributed by atoms with Crippen LogP contribution < -0.4 is 10.6 Å². The number of anilines is 1. The molecule has 5 heteroatoms. The van der Waals surface area contributed by atoms with Gasteiger partial charge in [0.1, 0.15) is 0 Å². The Morgan fingerprint density at radius 3 is 3.00 bits per heavy atom. The first kappa shape index (κ1) is 11.9. The van der Waals surface area contributed by atoms with E-state index in [1.54, 1.807) is 18.2 Å². The van der Waals surface area contributed by atoms with Crippen molar-refractivity contribution in [2.45, 2.75) is 18.9 Å². The fourth-order valence-corrected chi connectivity index (χ4v) is 2.04. The lowest BCUT2D eigenvalue weighted by atomic mass is 10.2. The molecule has 0 aromatic heterocycles. The van der Waals surface area contributed by atoms with Crippen molar-refractivity contribution in [2.75, 3.05) is 11.9 Å². The van der Waals surface area contributed by atoms with Gasteiger partial charge in [0.05, 0.1) is 28.4 Å². The fraction of sp³-hybridized carbons (Fsp3) is 0.333. The summed E-state index contributed by atoms with van der Waals surface area (Å²) in [6.07, 6.45) is 1.86. The maximum atomic E-state index is 11.8. The smallest absolute Gasteiger partial charge is 0.241 e. The van der Waals surface area contributed by atoms with Crippen molar-refractivity contribution >= 4 is 23.2 Å². The van der Waals surface area contributed by atoms with Crippen LogP contribution in [0, 0.1) is 11.3 Å². The molecule has 1 fully saturated rings. The van der Waals surface area contributed by atoms with E-state index in [9.17, 15) is 4.79 Å². The molecule has 1 saturated heterocycles. The predicted octanol–water partition coefficient (Wildman–Crippen LogP) is 1.90. The van der Waals surface area contributed by atoms with Crippen molar-refractivity contribution in [1.82, 2.24) is 5.32 Å². The zero-order chi connectivity index (χ0) is 12.3. The molecule has 0 bridgehead atoms. The largest absolute Gasteiger partial charge is 0.323 e. The van der Waals surface area contributed by atoms with E-state index in [4.69, 9.17) is 16.9 Å². The number of nitrogens with one attached hydrogen (secondary N) is 2.